The molecule has 66 valence electrons. The predicted molar refractivity (Wildman–Crippen MR) is 57.5 cm³/mol. The van der Waals surface area contributed by atoms with E-state index >= 15 is 0 Å². The van der Waals surface area contributed by atoms with E-state index in [0.29, 0.717) is 5.92 Å². The fourth-order valence-corrected chi connectivity index (χ4v) is 1.75. The molecular formula is C13H14. The van der Waals surface area contributed by atoms with Crippen molar-refractivity contribution in [2.24, 2.45) is 5.92 Å². The lowest BCUT2D eigenvalue weighted by Crippen LogP contribution is -1.94. The summed E-state index contributed by atoms with van der Waals surface area (Å²) in [6, 6.07) is 8.58. The van der Waals surface area contributed by atoms with Gasteiger partial charge in [-0.1, -0.05) is 48.9 Å². The Morgan fingerprint density at radius 2 is 2.15 bits per heavy atom. The lowest BCUT2D eigenvalue weighted by Gasteiger charge is -2.05. The molecule has 1 aliphatic rings. The summed E-state index contributed by atoms with van der Waals surface area (Å²) in [6.45, 7) is 6.03. The fourth-order valence-electron chi connectivity index (χ4n) is 1.75. The van der Waals surface area contributed by atoms with Crippen molar-refractivity contribution < 1.29 is 0 Å². The summed E-state index contributed by atoms with van der Waals surface area (Å²) in [5.41, 5.74) is 4.31. The summed E-state index contributed by atoms with van der Waals surface area (Å²) < 4.78 is 0. The van der Waals surface area contributed by atoms with Crippen LogP contribution < -0.4 is 0 Å². The molecule has 1 aromatic carbocycles. The molecule has 2 rings (SSSR count). The summed E-state index contributed by atoms with van der Waals surface area (Å²) in [7, 11) is 0. The monoisotopic (exact) mass is 170 g/mol. The Balaban J connectivity index is 2.30. The maximum absolute atomic E-state index is 3.83. The normalized spacial score (nSPS) is 16.2. The Bertz CT molecular complexity index is 358. The van der Waals surface area contributed by atoms with Crippen molar-refractivity contribution in [3.63, 3.8) is 0 Å². The first-order chi connectivity index (χ1) is 6.31. The summed E-state index contributed by atoms with van der Waals surface area (Å²) in [5, 5.41) is 0. The highest BCUT2D eigenvalue weighted by molar-refractivity contribution is 5.64. The first kappa shape index (κ1) is 8.31. The molecule has 0 heterocycles. The molecule has 0 bridgehead atoms. The van der Waals surface area contributed by atoms with Crippen LogP contribution in [0.5, 0.6) is 0 Å². The number of rotatable bonds is 2. The number of fused-ring (bicyclic) bond motifs is 1. The molecule has 0 radical (unpaired) electrons. The first-order valence-corrected chi connectivity index (χ1v) is 4.72. The van der Waals surface area contributed by atoms with Crippen molar-refractivity contribution in [3.05, 3.63) is 53.6 Å². The summed E-state index contributed by atoms with van der Waals surface area (Å²) in [4.78, 5) is 0. The van der Waals surface area contributed by atoms with E-state index in [0.717, 1.165) is 6.42 Å². The first-order valence-electron chi connectivity index (χ1n) is 4.72. The second-order valence-corrected chi connectivity index (χ2v) is 3.62. The van der Waals surface area contributed by atoms with E-state index in [2.05, 4.69) is 43.8 Å². The van der Waals surface area contributed by atoms with Gasteiger partial charge in [-0.05, 0) is 23.5 Å². The highest BCUT2D eigenvalue weighted by atomic mass is 14.2. The van der Waals surface area contributed by atoms with Crippen LogP contribution in [0.15, 0.2) is 42.5 Å². The van der Waals surface area contributed by atoms with E-state index in [4.69, 9.17) is 0 Å². The molecule has 0 aliphatic heterocycles. The Hall–Kier alpha value is -1.30. The van der Waals surface area contributed by atoms with E-state index in [1.807, 2.05) is 6.08 Å². The van der Waals surface area contributed by atoms with Crippen LogP contribution in [0.4, 0.5) is 0 Å². The van der Waals surface area contributed by atoms with Gasteiger partial charge in [0.25, 0.3) is 0 Å². The lowest BCUT2D eigenvalue weighted by atomic mass is 10.00. The Morgan fingerprint density at radius 1 is 1.38 bits per heavy atom. The Labute approximate surface area is 79.6 Å². The van der Waals surface area contributed by atoms with Gasteiger partial charge in [0.2, 0.25) is 0 Å². The molecular weight excluding hydrogens is 156 g/mol. The van der Waals surface area contributed by atoms with Crippen LogP contribution in [-0.4, -0.2) is 0 Å². The zero-order valence-electron chi connectivity index (χ0n) is 7.96. The molecule has 0 fully saturated rings. The maximum atomic E-state index is 3.83. The zero-order valence-corrected chi connectivity index (χ0v) is 7.96. The topological polar surface area (TPSA) is 0 Å². The molecule has 0 aromatic heterocycles. The average Bonchev–Trinajstić information content (AvgIpc) is 2.59. The second-order valence-electron chi connectivity index (χ2n) is 3.62. The molecule has 0 nitrogen and oxygen atoms in total. The van der Waals surface area contributed by atoms with Crippen molar-refractivity contribution in [3.8, 4) is 0 Å². The minimum atomic E-state index is 0.507. The van der Waals surface area contributed by atoms with Gasteiger partial charge in [-0.2, -0.15) is 0 Å². The molecule has 0 heteroatoms. The van der Waals surface area contributed by atoms with Crippen molar-refractivity contribution >= 4 is 6.08 Å². The molecule has 1 atom stereocenters. The van der Waals surface area contributed by atoms with Crippen LogP contribution in [0.25, 0.3) is 6.08 Å². The Morgan fingerprint density at radius 3 is 2.85 bits per heavy atom. The van der Waals surface area contributed by atoms with Gasteiger partial charge in [0.05, 0.1) is 0 Å². The van der Waals surface area contributed by atoms with E-state index in [-0.39, 0.29) is 0 Å². The molecule has 0 spiro atoms. The molecule has 0 saturated carbocycles. The number of benzene rings is 1. The second kappa shape index (κ2) is 3.21. The van der Waals surface area contributed by atoms with Gasteiger partial charge < -0.3 is 0 Å². The van der Waals surface area contributed by atoms with Crippen molar-refractivity contribution in [1.82, 2.24) is 0 Å². The summed E-state index contributed by atoms with van der Waals surface area (Å²) >= 11 is 0. The zero-order chi connectivity index (χ0) is 9.26. The minimum absolute atomic E-state index is 0.507. The van der Waals surface area contributed by atoms with Gasteiger partial charge in [-0.25, -0.2) is 0 Å². The average molecular weight is 170 g/mol. The standard InChI is InChI=1S/C13H14/c1-3-10(2)13-8-11-6-4-5-7-12(11)9-13/h3-8,10H,1,9H2,2H3. The summed E-state index contributed by atoms with van der Waals surface area (Å²) in [5.74, 6) is 0.507. The van der Waals surface area contributed by atoms with Crippen molar-refractivity contribution in [1.29, 1.82) is 0 Å². The number of allylic oxidation sites excluding steroid dienone is 2. The largest absolute Gasteiger partial charge is 0.102 e. The maximum Gasteiger partial charge on any atom is -0.00477 e. The number of hydrogen-bond donors (Lipinski definition) is 0. The van der Waals surface area contributed by atoms with Crippen LogP contribution in [-0.2, 0) is 6.42 Å². The van der Waals surface area contributed by atoms with E-state index in [1.54, 1.807) is 0 Å². The molecule has 13 heavy (non-hydrogen) atoms. The van der Waals surface area contributed by atoms with E-state index < -0.39 is 0 Å². The molecule has 0 N–H and O–H groups in total. The van der Waals surface area contributed by atoms with Crippen LogP contribution >= 0.6 is 0 Å². The van der Waals surface area contributed by atoms with Crippen molar-refractivity contribution in [2.45, 2.75) is 13.3 Å². The van der Waals surface area contributed by atoms with E-state index in [9.17, 15) is 0 Å². The highest BCUT2D eigenvalue weighted by Gasteiger charge is 2.14. The van der Waals surface area contributed by atoms with Gasteiger partial charge in [0.1, 0.15) is 0 Å². The van der Waals surface area contributed by atoms with Gasteiger partial charge in [-0.15, -0.1) is 6.58 Å². The van der Waals surface area contributed by atoms with Gasteiger partial charge in [0.15, 0.2) is 0 Å². The quantitative estimate of drug-likeness (QED) is 0.596. The molecule has 0 amide bonds. The van der Waals surface area contributed by atoms with Crippen LogP contribution in [0.2, 0.25) is 0 Å². The third kappa shape index (κ3) is 1.44. The van der Waals surface area contributed by atoms with Crippen LogP contribution in [0.3, 0.4) is 0 Å². The Kier molecular flexibility index (Phi) is 2.05. The SMILES string of the molecule is C=CC(C)C1=Cc2ccccc2C1. The van der Waals surface area contributed by atoms with Gasteiger partial charge in [0, 0.05) is 0 Å². The predicted octanol–water partition coefficient (Wildman–Crippen LogP) is 3.45. The molecule has 1 aliphatic carbocycles. The van der Waals surface area contributed by atoms with Crippen LogP contribution in [0.1, 0.15) is 18.1 Å². The van der Waals surface area contributed by atoms with Crippen LogP contribution in [0, 0.1) is 5.92 Å². The third-order valence-electron chi connectivity index (χ3n) is 2.73. The highest BCUT2D eigenvalue weighted by Crippen LogP contribution is 2.29. The number of hydrogen-bond acceptors (Lipinski definition) is 0. The smallest absolute Gasteiger partial charge is 0.00477 e. The van der Waals surface area contributed by atoms with Gasteiger partial charge >= 0.3 is 0 Å². The molecule has 1 aromatic rings. The fraction of sp³-hybridized carbons (Fsp3) is 0.231. The third-order valence-corrected chi connectivity index (χ3v) is 2.73. The van der Waals surface area contributed by atoms with Gasteiger partial charge in [-0.3, -0.25) is 0 Å². The molecule has 1 unspecified atom stereocenters. The van der Waals surface area contributed by atoms with Crippen molar-refractivity contribution in [2.75, 3.05) is 0 Å². The van der Waals surface area contributed by atoms with E-state index in [1.165, 1.54) is 16.7 Å². The molecule has 0 saturated heterocycles. The summed E-state index contributed by atoms with van der Waals surface area (Å²) in [6.07, 6.45) is 5.41. The minimum Gasteiger partial charge on any atom is -0.102 e. The lowest BCUT2D eigenvalue weighted by molar-refractivity contribution is 0.843.